The van der Waals surface area contributed by atoms with Crippen molar-refractivity contribution >= 4 is 32.5 Å². The van der Waals surface area contributed by atoms with Crippen molar-refractivity contribution in [2.24, 2.45) is 0 Å². The predicted octanol–water partition coefficient (Wildman–Crippen LogP) is 3.98. The van der Waals surface area contributed by atoms with Crippen molar-refractivity contribution in [3.05, 3.63) is 76.4 Å². The molecule has 0 aliphatic rings. The number of aromatic nitrogens is 5. The fraction of sp³-hybridized carbons (Fsp3) is 0.130. The van der Waals surface area contributed by atoms with Gasteiger partial charge in [0.15, 0.2) is 21.2 Å². The zero-order valence-corrected chi connectivity index (χ0v) is 20.2. The Labute approximate surface area is 208 Å². The van der Waals surface area contributed by atoms with E-state index in [9.17, 15) is 17.6 Å². The lowest BCUT2D eigenvalue weighted by Crippen LogP contribution is -2.23. The molecular weight excluding hydrogens is 513 g/mol. The van der Waals surface area contributed by atoms with Gasteiger partial charge in [-0.3, -0.25) is 0 Å². The first kappa shape index (κ1) is 23.7. The zero-order chi connectivity index (χ0) is 25.4. The number of ether oxygens (including phenoxy) is 1. The maximum absolute atomic E-state index is 13.1. The van der Waals surface area contributed by atoms with Crippen LogP contribution in [0.5, 0.6) is 5.75 Å². The predicted molar refractivity (Wildman–Crippen MR) is 129 cm³/mol. The van der Waals surface area contributed by atoms with Gasteiger partial charge in [-0.1, -0.05) is 18.5 Å². The molecule has 13 heteroatoms. The van der Waals surface area contributed by atoms with Crippen LogP contribution < -0.4 is 10.4 Å². The van der Waals surface area contributed by atoms with E-state index in [1.165, 1.54) is 48.1 Å². The summed E-state index contributed by atoms with van der Waals surface area (Å²) in [6, 6.07) is 13.8. The summed E-state index contributed by atoms with van der Waals surface area (Å²) in [6.07, 6.45) is 1.31. The molecule has 0 radical (unpaired) electrons. The second kappa shape index (κ2) is 9.21. The summed E-state index contributed by atoms with van der Waals surface area (Å²) in [5.41, 5.74) is 0.532. The Morgan fingerprint density at radius 2 is 1.86 bits per heavy atom. The highest BCUT2D eigenvalue weighted by atomic mass is 35.5. The summed E-state index contributed by atoms with van der Waals surface area (Å²) in [7, 11) is -3.74. The number of nitrogens with zero attached hydrogens (tertiary/aromatic N) is 5. The average Bonchev–Trinajstić information content (AvgIpc) is 3.47. The molecular formula is C23H17ClFN5O5S. The summed E-state index contributed by atoms with van der Waals surface area (Å²) >= 11 is 5.93. The Morgan fingerprint density at radius 3 is 2.58 bits per heavy atom. The largest absolute Gasteiger partial charge is 0.463 e. The number of fused-ring (bicyclic) bond motifs is 1. The third kappa shape index (κ3) is 4.25. The van der Waals surface area contributed by atoms with Crippen LogP contribution in [0, 0.1) is 0 Å². The highest BCUT2D eigenvalue weighted by molar-refractivity contribution is 7.91. The van der Waals surface area contributed by atoms with E-state index < -0.39 is 22.4 Å². The molecule has 184 valence electrons. The van der Waals surface area contributed by atoms with Crippen LogP contribution in [-0.2, 0) is 9.84 Å². The second-order valence-electron chi connectivity index (χ2n) is 7.49. The van der Waals surface area contributed by atoms with Gasteiger partial charge in [0.2, 0.25) is 12.8 Å². The monoisotopic (exact) mass is 529 g/mol. The molecule has 5 aromatic rings. The molecule has 0 aliphatic carbocycles. The van der Waals surface area contributed by atoms with Crippen LogP contribution in [0.4, 0.5) is 4.39 Å². The summed E-state index contributed by atoms with van der Waals surface area (Å²) in [4.78, 5) is 21.7. The summed E-state index contributed by atoms with van der Waals surface area (Å²) < 4.78 is 51.1. The van der Waals surface area contributed by atoms with Crippen LogP contribution in [0.1, 0.15) is 6.92 Å². The smallest absolute Gasteiger partial charge is 0.356 e. The van der Waals surface area contributed by atoms with Crippen LogP contribution in [0.25, 0.3) is 34.2 Å². The maximum atomic E-state index is 13.1. The normalized spacial score (nSPS) is 11.8. The van der Waals surface area contributed by atoms with Crippen LogP contribution >= 0.6 is 11.6 Å². The van der Waals surface area contributed by atoms with E-state index >= 15 is 0 Å². The van der Waals surface area contributed by atoms with Crippen molar-refractivity contribution in [2.75, 3.05) is 12.6 Å². The van der Waals surface area contributed by atoms with Gasteiger partial charge < -0.3 is 9.15 Å². The topological polar surface area (TPSA) is 122 Å². The Hall–Kier alpha value is -4.03. The van der Waals surface area contributed by atoms with Gasteiger partial charge in [0.25, 0.3) is 0 Å². The van der Waals surface area contributed by atoms with Crippen molar-refractivity contribution in [1.82, 2.24) is 24.3 Å². The first-order valence-electron chi connectivity index (χ1n) is 10.6. The minimum Gasteiger partial charge on any atom is -0.463 e. The van der Waals surface area contributed by atoms with Crippen molar-refractivity contribution in [1.29, 1.82) is 0 Å². The lowest BCUT2D eigenvalue weighted by molar-refractivity contribution is 0.192. The number of benzene rings is 2. The number of sulfone groups is 1. The number of hydrogen-bond donors (Lipinski definition) is 0. The van der Waals surface area contributed by atoms with Gasteiger partial charge in [0.05, 0.1) is 16.3 Å². The minimum atomic E-state index is -3.74. The highest BCUT2D eigenvalue weighted by Crippen LogP contribution is 2.31. The van der Waals surface area contributed by atoms with E-state index in [1.54, 1.807) is 24.3 Å². The second-order valence-corrected chi connectivity index (χ2v) is 10.2. The van der Waals surface area contributed by atoms with E-state index in [-0.39, 0.29) is 33.8 Å². The van der Waals surface area contributed by atoms with Gasteiger partial charge in [-0.25, -0.2) is 32.1 Å². The molecule has 0 saturated carbocycles. The van der Waals surface area contributed by atoms with Crippen LogP contribution in [0.2, 0.25) is 5.02 Å². The number of hydrogen-bond acceptors (Lipinski definition) is 8. The molecule has 36 heavy (non-hydrogen) atoms. The molecule has 0 N–H and O–H groups in total. The molecule has 5 rings (SSSR count). The number of pyridine rings is 1. The molecule has 0 fully saturated rings. The molecule has 0 aliphatic heterocycles. The van der Waals surface area contributed by atoms with E-state index in [0.29, 0.717) is 21.8 Å². The van der Waals surface area contributed by atoms with E-state index in [0.717, 1.165) is 4.68 Å². The molecule has 0 atom stereocenters. The van der Waals surface area contributed by atoms with Gasteiger partial charge in [0, 0.05) is 11.1 Å². The molecule has 0 bridgehead atoms. The lowest BCUT2D eigenvalue weighted by atomic mass is 10.3. The first-order chi connectivity index (χ1) is 17.3. The van der Waals surface area contributed by atoms with Crippen molar-refractivity contribution < 1.29 is 22.0 Å². The van der Waals surface area contributed by atoms with Gasteiger partial charge >= 0.3 is 5.69 Å². The number of rotatable bonds is 7. The van der Waals surface area contributed by atoms with Gasteiger partial charge in [-0.05, 0) is 48.5 Å². The fourth-order valence-electron chi connectivity index (χ4n) is 3.52. The lowest BCUT2D eigenvalue weighted by Gasteiger charge is -2.08. The summed E-state index contributed by atoms with van der Waals surface area (Å²) in [5.74, 6) is -0.00358. The number of oxazole rings is 1. The van der Waals surface area contributed by atoms with E-state index in [4.69, 9.17) is 20.8 Å². The van der Waals surface area contributed by atoms with Crippen LogP contribution in [0.3, 0.4) is 0 Å². The fourth-order valence-corrected chi connectivity index (χ4v) is 4.65. The standard InChI is InChI=1S/C23H17ClFN5O5S/c1-2-36(32,33)19-9-10-20(30-23(31)29(13-26-30)15-5-3-14(24)4-6-15)28-21(19)22-27-17-11-16(34-12-25)7-8-18(17)35-22/h3-11,13H,2,12H2,1H3. The van der Waals surface area contributed by atoms with E-state index in [2.05, 4.69) is 15.1 Å². The van der Waals surface area contributed by atoms with Crippen molar-refractivity contribution in [2.45, 2.75) is 11.8 Å². The summed E-state index contributed by atoms with van der Waals surface area (Å²) in [6.45, 7) is 0.480. The van der Waals surface area contributed by atoms with Crippen molar-refractivity contribution in [3.63, 3.8) is 0 Å². The summed E-state index contributed by atoms with van der Waals surface area (Å²) in [5, 5.41) is 4.64. The molecule has 0 unspecified atom stereocenters. The molecule has 0 saturated heterocycles. The van der Waals surface area contributed by atoms with Crippen LogP contribution in [0.15, 0.2) is 75.0 Å². The quantitative estimate of drug-likeness (QED) is 0.310. The molecule has 0 amide bonds. The average molecular weight is 530 g/mol. The SMILES string of the molecule is CCS(=O)(=O)c1ccc(-n2ncn(-c3ccc(Cl)cc3)c2=O)nc1-c1nc2cc(OCF)ccc2o1. The minimum absolute atomic E-state index is 0.0569. The molecule has 3 heterocycles. The maximum Gasteiger partial charge on any atom is 0.356 e. The molecule has 0 spiro atoms. The molecule has 3 aromatic heterocycles. The highest BCUT2D eigenvalue weighted by Gasteiger charge is 2.25. The first-order valence-corrected chi connectivity index (χ1v) is 12.6. The molecule has 10 nitrogen and oxygen atoms in total. The van der Waals surface area contributed by atoms with Gasteiger partial charge in [-0.15, -0.1) is 0 Å². The molecule has 2 aromatic carbocycles. The van der Waals surface area contributed by atoms with Crippen molar-refractivity contribution in [3.8, 4) is 28.8 Å². The Balaban J connectivity index is 1.66. The zero-order valence-electron chi connectivity index (χ0n) is 18.6. The van der Waals surface area contributed by atoms with E-state index in [1.807, 2.05) is 0 Å². The number of halogens is 2. The Kier molecular flexibility index (Phi) is 6.06. The van der Waals surface area contributed by atoms with Crippen LogP contribution in [-0.4, -0.2) is 45.3 Å². The van der Waals surface area contributed by atoms with Gasteiger partial charge in [-0.2, -0.15) is 9.78 Å². The van der Waals surface area contributed by atoms with Gasteiger partial charge in [0.1, 0.15) is 23.3 Å². The number of alkyl halides is 1. The Morgan fingerprint density at radius 1 is 1.08 bits per heavy atom. The third-order valence-corrected chi connectivity index (χ3v) is 7.34. The Bertz CT molecular complexity index is 1750. The third-order valence-electron chi connectivity index (χ3n) is 5.33.